The maximum atomic E-state index is 11.9. The van der Waals surface area contributed by atoms with E-state index in [-0.39, 0.29) is 5.91 Å². The molecule has 0 radical (unpaired) electrons. The highest BCUT2D eigenvalue weighted by Crippen LogP contribution is 2.30. The van der Waals surface area contributed by atoms with Gasteiger partial charge >= 0.3 is 0 Å². The lowest BCUT2D eigenvalue weighted by Gasteiger charge is -2.21. The minimum atomic E-state index is 0.210. The first-order valence-corrected chi connectivity index (χ1v) is 5.62. The summed E-state index contributed by atoms with van der Waals surface area (Å²) in [5.74, 6) is 0.508. The van der Waals surface area contributed by atoms with Crippen molar-refractivity contribution in [3.05, 3.63) is 42.0 Å². The summed E-state index contributed by atoms with van der Waals surface area (Å²) in [5, 5.41) is 0. The van der Waals surface area contributed by atoms with Crippen LogP contribution in [-0.4, -0.2) is 12.5 Å². The number of carbonyl (C=O) groups is 1. The summed E-state index contributed by atoms with van der Waals surface area (Å²) in [4.78, 5) is 13.8. The third-order valence-corrected chi connectivity index (χ3v) is 3.20. The van der Waals surface area contributed by atoms with E-state index in [1.807, 2.05) is 17.0 Å². The molecule has 0 bridgehead atoms. The standard InChI is InChI=1S/C14H17NO/c1-4-12-8-13(16)15(9-12)14-10(2)6-5-7-11(14)3/h4-7,12H,1,8-9H2,2-3H3. The van der Waals surface area contributed by atoms with E-state index in [2.05, 4.69) is 32.6 Å². The van der Waals surface area contributed by atoms with Gasteiger partial charge in [-0.3, -0.25) is 4.79 Å². The highest BCUT2D eigenvalue weighted by atomic mass is 16.2. The molecule has 84 valence electrons. The van der Waals surface area contributed by atoms with Crippen molar-refractivity contribution in [2.45, 2.75) is 20.3 Å². The molecule has 1 amide bonds. The Bertz CT molecular complexity index is 416. The molecular formula is C14H17NO. The SMILES string of the molecule is C=CC1CC(=O)N(c2c(C)cccc2C)C1. The minimum absolute atomic E-state index is 0.210. The van der Waals surface area contributed by atoms with Crippen molar-refractivity contribution < 1.29 is 4.79 Å². The fourth-order valence-electron chi connectivity index (χ4n) is 2.34. The molecule has 2 heteroatoms. The van der Waals surface area contributed by atoms with Crippen molar-refractivity contribution >= 4 is 11.6 Å². The Morgan fingerprint density at radius 2 is 2.00 bits per heavy atom. The predicted octanol–water partition coefficient (Wildman–Crippen LogP) is 2.84. The molecule has 1 aromatic carbocycles. The van der Waals surface area contributed by atoms with Gasteiger partial charge in [-0.25, -0.2) is 0 Å². The van der Waals surface area contributed by atoms with Crippen LogP contribution in [-0.2, 0) is 4.79 Å². The van der Waals surface area contributed by atoms with E-state index >= 15 is 0 Å². The van der Waals surface area contributed by atoms with E-state index in [0.29, 0.717) is 12.3 Å². The Kier molecular flexibility index (Phi) is 2.82. The van der Waals surface area contributed by atoms with Crippen LogP contribution in [0.1, 0.15) is 17.5 Å². The zero-order valence-corrected chi connectivity index (χ0v) is 9.86. The summed E-state index contributed by atoms with van der Waals surface area (Å²) >= 11 is 0. The molecule has 1 saturated heterocycles. The summed E-state index contributed by atoms with van der Waals surface area (Å²) in [6, 6.07) is 6.13. The number of benzene rings is 1. The number of para-hydroxylation sites is 1. The van der Waals surface area contributed by atoms with Gasteiger partial charge in [0.2, 0.25) is 5.91 Å². The fraction of sp³-hybridized carbons (Fsp3) is 0.357. The summed E-state index contributed by atoms with van der Waals surface area (Å²) < 4.78 is 0. The van der Waals surface area contributed by atoms with Gasteiger partial charge in [-0.05, 0) is 25.0 Å². The van der Waals surface area contributed by atoms with Crippen molar-refractivity contribution in [3.63, 3.8) is 0 Å². The zero-order valence-electron chi connectivity index (χ0n) is 9.86. The van der Waals surface area contributed by atoms with E-state index in [0.717, 1.165) is 23.4 Å². The number of hydrogen-bond donors (Lipinski definition) is 0. The molecule has 1 aliphatic heterocycles. The van der Waals surface area contributed by atoms with Gasteiger partial charge in [0.25, 0.3) is 0 Å². The van der Waals surface area contributed by atoms with Gasteiger partial charge < -0.3 is 4.90 Å². The number of hydrogen-bond acceptors (Lipinski definition) is 1. The molecule has 0 aromatic heterocycles. The highest BCUT2D eigenvalue weighted by Gasteiger charge is 2.30. The average molecular weight is 215 g/mol. The third-order valence-electron chi connectivity index (χ3n) is 3.20. The molecule has 16 heavy (non-hydrogen) atoms. The Balaban J connectivity index is 2.38. The fourth-order valence-corrected chi connectivity index (χ4v) is 2.34. The Morgan fingerprint density at radius 3 is 2.50 bits per heavy atom. The lowest BCUT2D eigenvalue weighted by atomic mass is 10.1. The molecule has 2 nitrogen and oxygen atoms in total. The molecule has 1 fully saturated rings. The number of aryl methyl sites for hydroxylation is 2. The van der Waals surface area contributed by atoms with Crippen molar-refractivity contribution in [3.8, 4) is 0 Å². The number of amides is 1. The molecule has 0 spiro atoms. The second-order valence-corrected chi connectivity index (χ2v) is 4.44. The molecule has 0 N–H and O–H groups in total. The van der Waals surface area contributed by atoms with Crippen molar-refractivity contribution in [1.82, 2.24) is 0 Å². The third kappa shape index (κ3) is 1.75. The molecule has 1 aliphatic rings. The van der Waals surface area contributed by atoms with Crippen LogP contribution in [0.4, 0.5) is 5.69 Å². The van der Waals surface area contributed by atoms with Crippen molar-refractivity contribution in [2.24, 2.45) is 5.92 Å². The molecule has 1 aromatic rings. The lowest BCUT2D eigenvalue weighted by Crippen LogP contribution is -2.26. The second kappa shape index (κ2) is 4.12. The van der Waals surface area contributed by atoms with Gasteiger partial charge in [0.05, 0.1) is 0 Å². The van der Waals surface area contributed by atoms with Gasteiger partial charge in [-0.1, -0.05) is 24.3 Å². The molecule has 0 aliphatic carbocycles. The first kappa shape index (κ1) is 10.9. The monoisotopic (exact) mass is 215 g/mol. The normalized spacial score (nSPS) is 20.2. The quantitative estimate of drug-likeness (QED) is 0.695. The first-order valence-electron chi connectivity index (χ1n) is 5.62. The van der Waals surface area contributed by atoms with Crippen LogP contribution >= 0.6 is 0 Å². The maximum absolute atomic E-state index is 11.9. The topological polar surface area (TPSA) is 20.3 Å². The van der Waals surface area contributed by atoms with E-state index in [9.17, 15) is 4.79 Å². The van der Waals surface area contributed by atoms with E-state index < -0.39 is 0 Å². The molecule has 1 heterocycles. The Labute approximate surface area is 96.6 Å². The summed E-state index contributed by atoms with van der Waals surface area (Å²) in [5.41, 5.74) is 3.41. The summed E-state index contributed by atoms with van der Waals surface area (Å²) in [6.07, 6.45) is 2.47. The smallest absolute Gasteiger partial charge is 0.227 e. The number of carbonyl (C=O) groups excluding carboxylic acids is 1. The van der Waals surface area contributed by atoms with Gasteiger partial charge in [0.1, 0.15) is 0 Å². The lowest BCUT2D eigenvalue weighted by molar-refractivity contribution is -0.117. The van der Waals surface area contributed by atoms with Crippen LogP contribution in [0.25, 0.3) is 0 Å². The Hall–Kier alpha value is -1.57. The van der Waals surface area contributed by atoms with Gasteiger partial charge in [-0.15, -0.1) is 6.58 Å². The largest absolute Gasteiger partial charge is 0.311 e. The van der Waals surface area contributed by atoms with Crippen LogP contribution in [0, 0.1) is 19.8 Å². The number of anilines is 1. The zero-order chi connectivity index (χ0) is 11.7. The van der Waals surface area contributed by atoms with Crippen LogP contribution in [0.3, 0.4) is 0 Å². The maximum Gasteiger partial charge on any atom is 0.227 e. The number of rotatable bonds is 2. The van der Waals surface area contributed by atoms with Gasteiger partial charge in [0.15, 0.2) is 0 Å². The molecule has 0 saturated carbocycles. The van der Waals surface area contributed by atoms with Crippen LogP contribution in [0.2, 0.25) is 0 Å². The average Bonchev–Trinajstić information content (AvgIpc) is 2.60. The second-order valence-electron chi connectivity index (χ2n) is 4.44. The number of nitrogens with zero attached hydrogens (tertiary/aromatic N) is 1. The minimum Gasteiger partial charge on any atom is -0.311 e. The van der Waals surface area contributed by atoms with Gasteiger partial charge in [0, 0.05) is 24.6 Å². The Morgan fingerprint density at radius 1 is 1.38 bits per heavy atom. The van der Waals surface area contributed by atoms with E-state index in [4.69, 9.17) is 0 Å². The summed E-state index contributed by atoms with van der Waals surface area (Å²) in [6.45, 7) is 8.65. The van der Waals surface area contributed by atoms with Crippen LogP contribution in [0.5, 0.6) is 0 Å². The highest BCUT2D eigenvalue weighted by molar-refractivity contribution is 5.97. The molecule has 1 unspecified atom stereocenters. The van der Waals surface area contributed by atoms with Crippen molar-refractivity contribution in [1.29, 1.82) is 0 Å². The van der Waals surface area contributed by atoms with E-state index in [1.54, 1.807) is 0 Å². The molecule has 2 rings (SSSR count). The summed E-state index contributed by atoms with van der Waals surface area (Å²) in [7, 11) is 0. The van der Waals surface area contributed by atoms with Crippen LogP contribution in [0.15, 0.2) is 30.9 Å². The van der Waals surface area contributed by atoms with Crippen molar-refractivity contribution in [2.75, 3.05) is 11.4 Å². The van der Waals surface area contributed by atoms with E-state index in [1.165, 1.54) is 0 Å². The molecule has 1 atom stereocenters. The molecular weight excluding hydrogens is 198 g/mol. The predicted molar refractivity (Wildman–Crippen MR) is 66.6 cm³/mol. The van der Waals surface area contributed by atoms with Crippen LogP contribution < -0.4 is 4.90 Å². The van der Waals surface area contributed by atoms with Gasteiger partial charge in [-0.2, -0.15) is 0 Å². The first-order chi connectivity index (χ1) is 7.63.